The summed E-state index contributed by atoms with van der Waals surface area (Å²) in [6.45, 7) is 0.880. The van der Waals surface area contributed by atoms with Gasteiger partial charge in [0, 0.05) is 16.6 Å². The first kappa shape index (κ1) is 12.3. The third-order valence-electron chi connectivity index (χ3n) is 2.58. The Bertz CT molecular complexity index is 441. The maximum atomic E-state index is 13.5. The molecule has 1 fully saturated rings. The molecule has 2 N–H and O–H groups in total. The fraction of sp³-hybridized carbons (Fsp3) is 0.364. The summed E-state index contributed by atoms with van der Waals surface area (Å²) in [5.74, 6) is -0.336. The van der Waals surface area contributed by atoms with E-state index in [9.17, 15) is 9.18 Å². The molecular weight excluding hydrogens is 291 g/mol. The molecule has 2 rings (SSSR count). The summed E-state index contributed by atoms with van der Waals surface area (Å²) in [6, 6.07) is 4.63. The van der Waals surface area contributed by atoms with Crippen molar-refractivity contribution < 1.29 is 13.9 Å². The smallest absolute Gasteiger partial charge is 0.410 e. The zero-order valence-electron chi connectivity index (χ0n) is 9.03. The highest BCUT2D eigenvalue weighted by Gasteiger charge is 2.30. The van der Waals surface area contributed by atoms with Gasteiger partial charge in [0.1, 0.15) is 11.9 Å². The first-order valence-corrected chi connectivity index (χ1v) is 5.99. The lowest BCUT2D eigenvalue weighted by Gasteiger charge is -2.13. The molecule has 1 amide bonds. The Labute approximate surface area is 107 Å². The van der Waals surface area contributed by atoms with Crippen molar-refractivity contribution >= 4 is 22.0 Å². The van der Waals surface area contributed by atoms with Crippen LogP contribution in [0.25, 0.3) is 0 Å². The monoisotopic (exact) mass is 302 g/mol. The number of benzene rings is 1. The van der Waals surface area contributed by atoms with Crippen LogP contribution in [0.4, 0.5) is 9.18 Å². The van der Waals surface area contributed by atoms with Crippen molar-refractivity contribution in [2.24, 2.45) is 5.73 Å². The Morgan fingerprint density at radius 3 is 3.00 bits per heavy atom. The summed E-state index contributed by atoms with van der Waals surface area (Å²) in [5, 5.41) is 0. The van der Waals surface area contributed by atoms with E-state index in [4.69, 9.17) is 10.5 Å². The number of amides is 1. The number of carbonyl (C=O) groups is 1. The molecule has 4 nitrogen and oxygen atoms in total. The van der Waals surface area contributed by atoms with Crippen LogP contribution in [0.1, 0.15) is 5.56 Å². The van der Waals surface area contributed by atoms with E-state index in [1.165, 1.54) is 11.0 Å². The lowest BCUT2D eigenvalue weighted by Crippen LogP contribution is -2.27. The molecule has 1 aliphatic heterocycles. The molecule has 1 aliphatic rings. The van der Waals surface area contributed by atoms with Crippen LogP contribution in [0.3, 0.4) is 0 Å². The number of halogens is 2. The Morgan fingerprint density at radius 1 is 1.59 bits per heavy atom. The molecule has 0 aliphatic carbocycles. The average Bonchev–Trinajstić information content (AvgIpc) is 2.65. The van der Waals surface area contributed by atoms with E-state index in [0.29, 0.717) is 12.1 Å². The zero-order valence-corrected chi connectivity index (χ0v) is 10.6. The minimum Gasteiger partial charge on any atom is -0.443 e. The van der Waals surface area contributed by atoms with Gasteiger partial charge in [0.25, 0.3) is 0 Å². The number of ether oxygens (including phenoxy) is 1. The molecule has 0 radical (unpaired) electrons. The van der Waals surface area contributed by atoms with Crippen LogP contribution < -0.4 is 5.73 Å². The summed E-state index contributed by atoms with van der Waals surface area (Å²) < 4.78 is 19.3. The highest BCUT2D eigenvalue weighted by atomic mass is 79.9. The molecular formula is C11H12BrFN2O2. The quantitative estimate of drug-likeness (QED) is 0.927. The predicted molar refractivity (Wildman–Crippen MR) is 63.8 cm³/mol. The van der Waals surface area contributed by atoms with Gasteiger partial charge in [-0.3, -0.25) is 0 Å². The summed E-state index contributed by atoms with van der Waals surface area (Å²) in [7, 11) is 0. The topological polar surface area (TPSA) is 55.6 Å². The predicted octanol–water partition coefficient (Wildman–Crippen LogP) is 1.87. The molecule has 1 heterocycles. The van der Waals surface area contributed by atoms with Crippen LogP contribution in [0.2, 0.25) is 0 Å². The number of nitrogens with two attached hydrogens (primary N) is 1. The number of hydrogen-bond donors (Lipinski definition) is 1. The first-order chi connectivity index (χ1) is 8.10. The summed E-state index contributed by atoms with van der Waals surface area (Å²) >= 11 is 3.26. The molecule has 17 heavy (non-hydrogen) atoms. The van der Waals surface area contributed by atoms with Gasteiger partial charge in [0.15, 0.2) is 0 Å². The highest BCUT2D eigenvalue weighted by molar-refractivity contribution is 9.10. The number of cyclic esters (lactones) is 1. The zero-order chi connectivity index (χ0) is 12.4. The molecule has 0 aromatic heterocycles. The Hall–Kier alpha value is -1.14. The Morgan fingerprint density at radius 2 is 2.35 bits per heavy atom. The summed E-state index contributed by atoms with van der Waals surface area (Å²) in [4.78, 5) is 12.9. The third-order valence-corrected chi connectivity index (χ3v) is 3.07. The maximum Gasteiger partial charge on any atom is 0.410 e. The standard InChI is InChI=1S/C11H12BrFN2O2/c12-8-1-2-10(13)7(3-8)5-15-6-9(4-14)17-11(15)16/h1-3,9H,4-6,14H2. The van der Waals surface area contributed by atoms with Crippen molar-refractivity contribution in [3.63, 3.8) is 0 Å². The van der Waals surface area contributed by atoms with E-state index in [1.807, 2.05) is 0 Å². The second-order valence-electron chi connectivity index (χ2n) is 3.86. The second-order valence-corrected chi connectivity index (χ2v) is 4.77. The van der Waals surface area contributed by atoms with Gasteiger partial charge in [-0.1, -0.05) is 15.9 Å². The number of rotatable bonds is 3. The van der Waals surface area contributed by atoms with Crippen molar-refractivity contribution in [1.29, 1.82) is 0 Å². The fourth-order valence-corrected chi connectivity index (χ4v) is 2.11. The molecule has 92 valence electrons. The third kappa shape index (κ3) is 2.76. The van der Waals surface area contributed by atoms with Gasteiger partial charge in [-0.05, 0) is 18.2 Å². The van der Waals surface area contributed by atoms with Crippen molar-refractivity contribution in [1.82, 2.24) is 4.90 Å². The maximum absolute atomic E-state index is 13.5. The van der Waals surface area contributed by atoms with E-state index in [1.54, 1.807) is 12.1 Å². The normalized spacial score (nSPS) is 19.6. The van der Waals surface area contributed by atoms with E-state index in [0.717, 1.165) is 4.47 Å². The van der Waals surface area contributed by atoms with Gasteiger partial charge in [-0.15, -0.1) is 0 Å². The highest BCUT2D eigenvalue weighted by Crippen LogP contribution is 2.20. The van der Waals surface area contributed by atoms with Crippen LogP contribution in [0, 0.1) is 5.82 Å². The number of hydrogen-bond acceptors (Lipinski definition) is 3. The van der Waals surface area contributed by atoms with Gasteiger partial charge >= 0.3 is 6.09 Å². The van der Waals surface area contributed by atoms with E-state index >= 15 is 0 Å². The average molecular weight is 303 g/mol. The van der Waals surface area contributed by atoms with Crippen molar-refractivity contribution in [3.8, 4) is 0 Å². The molecule has 1 saturated heterocycles. The van der Waals surface area contributed by atoms with E-state index in [-0.39, 0.29) is 25.0 Å². The molecule has 1 atom stereocenters. The molecule has 0 saturated carbocycles. The molecule has 1 unspecified atom stereocenters. The Kier molecular flexibility index (Phi) is 3.63. The lowest BCUT2D eigenvalue weighted by molar-refractivity contribution is 0.134. The number of nitrogens with zero attached hydrogens (tertiary/aromatic N) is 1. The van der Waals surface area contributed by atoms with E-state index < -0.39 is 6.09 Å². The van der Waals surface area contributed by atoms with Crippen molar-refractivity contribution in [3.05, 3.63) is 34.1 Å². The molecule has 0 spiro atoms. The first-order valence-electron chi connectivity index (χ1n) is 5.19. The lowest BCUT2D eigenvalue weighted by atomic mass is 10.2. The van der Waals surface area contributed by atoms with Gasteiger partial charge in [0.05, 0.1) is 13.1 Å². The van der Waals surface area contributed by atoms with Crippen molar-refractivity contribution in [2.75, 3.05) is 13.1 Å². The van der Waals surface area contributed by atoms with Crippen LogP contribution >= 0.6 is 15.9 Å². The second kappa shape index (κ2) is 5.01. The van der Waals surface area contributed by atoms with Crippen molar-refractivity contribution in [2.45, 2.75) is 12.6 Å². The fourth-order valence-electron chi connectivity index (χ4n) is 1.70. The van der Waals surface area contributed by atoms with Gasteiger partial charge in [-0.2, -0.15) is 0 Å². The largest absolute Gasteiger partial charge is 0.443 e. The van der Waals surface area contributed by atoms with Crippen LogP contribution in [0.5, 0.6) is 0 Å². The van der Waals surface area contributed by atoms with Crippen LogP contribution in [-0.2, 0) is 11.3 Å². The van der Waals surface area contributed by atoms with Gasteiger partial charge in [0.2, 0.25) is 0 Å². The van der Waals surface area contributed by atoms with Crippen LogP contribution in [0.15, 0.2) is 22.7 Å². The Balaban J connectivity index is 2.11. The molecule has 1 aromatic carbocycles. The molecule has 6 heteroatoms. The molecule has 0 bridgehead atoms. The van der Waals surface area contributed by atoms with Gasteiger partial charge in [-0.25, -0.2) is 9.18 Å². The molecule has 1 aromatic rings. The minimum atomic E-state index is -0.445. The van der Waals surface area contributed by atoms with Gasteiger partial charge < -0.3 is 15.4 Å². The summed E-state index contributed by atoms with van der Waals surface area (Å²) in [5.41, 5.74) is 5.87. The SMILES string of the molecule is NCC1CN(Cc2cc(Br)ccc2F)C(=O)O1. The summed E-state index contributed by atoms with van der Waals surface area (Å²) in [6.07, 6.45) is -0.738. The van der Waals surface area contributed by atoms with E-state index in [2.05, 4.69) is 15.9 Å². The number of carbonyl (C=O) groups excluding carboxylic acids is 1. The minimum absolute atomic E-state index is 0.195. The van der Waals surface area contributed by atoms with Crippen LogP contribution in [-0.4, -0.2) is 30.2 Å².